The van der Waals surface area contributed by atoms with Crippen molar-refractivity contribution in [1.29, 1.82) is 0 Å². The van der Waals surface area contributed by atoms with E-state index in [0.717, 1.165) is 0 Å². The van der Waals surface area contributed by atoms with Crippen molar-refractivity contribution in [2.45, 2.75) is 6.92 Å². The van der Waals surface area contributed by atoms with Crippen molar-refractivity contribution in [3.63, 3.8) is 0 Å². The van der Waals surface area contributed by atoms with E-state index < -0.39 is 16.1 Å². The van der Waals surface area contributed by atoms with Crippen LogP contribution in [0.1, 0.15) is 6.92 Å². The minimum atomic E-state index is -4.17. The van der Waals surface area contributed by atoms with Crippen molar-refractivity contribution in [2.75, 3.05) is 6.61 Å². The van der Waals surface area contributed by atoms with E-state index in [1.54, 1.807) is 0 Å². The van der Waals surface area contributed by atoms with Crippen LogP contribution in [0.15, 0.2) is 0 Å². The standard InChI is InChI=1S/C2H7O4P.H3O3P/c1-2-6-7(3,4)5;1-4(2)3/h2H2,1H3,(H2,3,4,5);4H,(H2,1,2,3). The predicted molar refractivity (Wildman–Crippen MR) is 37.1 cm³/mol. The Kier molecular flexibility index (Phi) is 8.72. The van der Waals surface area contributed by atoms with E-state index in [9.17, 15) is 4.57 Å². The topological polar surface area (TPSA) is 124 Å². The first-order valence-electron chi connectivity index (χ1n) is 2.41. The molecule has 70 valence electrons. The van der Waals surface area contributed by atoms with Crippen LogP contribution in [0, 0.1) is 0 Å². The van der Waals surface area contributed by atoms with Gasteiger partial charge in [0.15, 0.2) is 0 Å². The average molecular weight is 208 g/mol. The van der Waals surface area contributed by atoms with Gasteiger partial charge in [0, 0.05) is 0 Å². The first kappa shape index (κ1) is 13.8. The molecule has 0 bridgehead atoms. The van der Waals surface area contributed by atoms with Crippen molar-refractivity contribution in [1.82, 2.24) is 0 Å². The Morgan fingerprint density at radius 3 is 1.73 bits per heavy atom. The molecule has 0 aromatic rings. The molecule has 0 saturated carbocycles. The molecule has 4 N–H and O–H groups in total. The quantitative estimate of drug-likeness (QED) is 0.449. The second-order valence-corrected chi connectivity index (χ2v) is 3.00. The maximum atomic E-state index is 9.70. The summed E-state index contributed by atoms with van der Waals surface area (Å²) in [7, 11) is -7.30. The van der Waals surface area contributed by atoms with Crippen LogP contribution in [0.5, 0.6) is 0 Å². The third kappa shape index (κ3) is 38.6. The smallest absolute Gasteiger partial charge is 0.326 e. The van der Waals surface area contributed by atoms with Gasteiger partial charge in [-0.1, -0.05) is 0 Å². The van der Waals surface area contributed by atoms with Crippen LogP contribution < -0.4 is 0 Å². The molecular weight excluding hydrogens is 198 g/mol. The zero-order chi connectivity index (χ0) is 9.49. The fourth-order valence-corrected chi connectivity index (χ4v) is 0.505. The highest BCUT2D eigenvalue weighted by Gasteiger charge is 2.10. The van der Waals surface area contributed by atoms with E-state index in [1.807, 2.05) is 0 Å². The van der Waals surface area contributed by atoms with E-state index in [1.165, 1.54) is 6.92 Å². The van der Waals surface area contributed by atoms with Crippen molar-refractivity contribution in [3.05, 3.63) is 0 Å². The SMILES string of the molecule is CCOP(=O)(O)O.O=[PH](O)O. The normalized spacial score (nSPS) is 10.7. The molecule has 9 heteroatoms. The lowest BCUT2D eigenvalue weighted by atomic mass is 10.9. The summed E-state index contributed by atoms with van der Waals surface area (Å²) < 4.78 is 22.3. The Morgan fingerprint density at radius 2 is 1.73 bits per heavy atom. The van der Waals surface area contributed by atoms with Gasteiger partial charge in [0.2, 0.25) is 0 Å². The molecule has 0 aromatic heterocycles. The lowest BCUT2D eigenvalue weighted by molar-refractivity contribution is 0.206. The highest BCUT2D eigenvalue weighted by molar-refractivity contribution is 7.46. The summed E-state index contributed by atoms with van der Waals surface area (Å²) in [6, 6.07) is 0. The molecule has 0 radical (unpaired) electrons. The summed E-state index contributed by atoms with van der Waals surface area (Å²) in [6.45, 7) is 1.56. The Bertz CT molecular complexity index is 145. The maximum absolute atomic E-state index is 9.70. The number of hydrogen-bond acceptors (Lipinski definition) is 3. The third-order valence-electron chi connectivity index (χ3n) is 0.297. The number of phosphoric ester groups is 1. The van der Waals surface area contributed by atoms with Gasteiger partial charge < -0.3 is 19.6 Å². The summed E-state index contributed by atoms with van der Waals surface area (Å²) >= 11 is 0. The number of hydrogen-bond donors (Lipinski definition) is 4. The van der Waals surface area contributed by atoms with Crippen LogP contribution >= 0.6 is 16.1 Å². The largest absolute Gasteiger partial charge is 0.469 e. The van der Waals surface area contributed by atoms with E-state index in [4.69, 9.17) is 24.1 Å². The molecule has 0 atom stereocenters. The molecule has 11 heavy (non-hydrogen) atoms. The molecule has 0 unspecified atom stereocenters. The third-order valence-corrected chi connectivity index (χ3v) is 0.892. The van der Waals surface area contributed by atoms with E-state index >= 15 is 0 Å². The zero-order valence-corrected chi connectivity index (χ0v) is 7.56. The molecule has 0 fully saturated rings. The van der Waals surface area contributed by atoms with Gasteiger partial charge in [0.05, 0.1) is 6.61 Å². The zero-order valence-electron chi connectivity index (χ0n) is 5.67. The summed E-state index contributed by atoms with van der Waals surface area (Å²) in [5.41, 5.74) is 0. The second kappa shape index (κ2) is 6.94. The summed E-state index contributed by atoms with van der Waals surface area (Å²) in [4.78, 5) is 30.1. The van der Waals surface area contributed by atoms with Gasteiger partial charge in [0.1, 0.15) is 0 Å². The summed E-state index contributed by atoms with van der Waals surface area (Å²) in [5, 5.41) is 0. The molecule has 0 amide bonds. The molecule has 0 aliphatic carbocycles. The average Bonchev–Trinajstić information content (AvgIpc) is 1.58. The minimum Gasteiger partial charge on any atom is -0.326 e. The molecular formula is C2H10O7P2. The maximum Gasteiger partial charge on any atom is 0.469 e. The van der Waals surface area contributed by atoms with Gasteiger partial charge in [0.25, 0.3) is 0 Å². The monoisotopic (exact) mass is 208 g/mol. The van der Waals surface area contributed by atoms with Crippen LogP contribution in [0.4, 0.5) is 0 Å². The molecule has 0 saturated heterocycles. The van der Waals surface area contributed by atoms with Crippen LogP contribution in [-0.2, 0) is 13.7 Å². The molecule has 0 spiro atoms. The van der Waals surface area contributed by atoms with Crippen LogP contribution in [0.25, 0.3) is 0 Å². The minimum absolute atomic E-state index is 0.0459. The molecule has 0 aromatic carbocycles. The van der Waals surface area contributed by atoms with Gasteiger partial charge in [-0.25, -0.2) is 4.57 Å². The van der Waals surface area contributed by atoms with Gasteiger partial charge >= 0.3 is 16.1 Å². The lowest BCUT2D eigenvalue weighted by Crippen LogP contribution is -1.84. The van der Waals surface area contributed by atoms with Crippen molar-refractivity contribution in [2.24, 2.45) is 0 Å². The van der Waals surface area contributed by atoms with E-state index in [0.29, 0.717) is 0 Å². The second-order valence-electron chi connectivity index (χ2n) is 1.19. The number of phosphoric acid groups is 1. The fraction of sp³-hybridized carbons (Fsp3) is 1.00. The van der Waals surface area contributed by atoms with Crippen molar-refractivity contribution in [3.8, 4) is 0 Å². The molecule has 7 nitrogen and oxygen atoms in total. The molecule has 0 aliphatic heterocycles. The van der Waals surface area contributed by atoms with Gasteiger partial charge in [-0.15, -0.1) is 0 Å². The van der Waals surface area contributed by atoms with E-state index in [-0.39, 0.29) is 6.61 Å². The van der Waals surface area contributed by atoms with Crippen LogP contribution in [0.2, 0.25) is 0 Å². The Labute approximate surface area is 63.8 Å². The molecule has 0 heterocycles. The lowest BCUT2D eigenvalue weighted by Gasteiger charge is -1.98. The first-order valence-corrected chi connectivity index (χ1v) is 5.25. The van der Waals surface area contributed by atoms with Gasteiger partial charge in [-0.3, -0.25) is 9.09 Å². The van der Waals surface area contributed by atoms with E-state index in [2.05, 4.69) is 4.52 Å². The predicted octanol–water partition coefficient (Wildman–Crippen LogP) is -0.524. The van der Waals surface area contributed by atoms with Crippen LogP contribution in [0.3, 0.4) is 0 Å². The molecule has 0 rings (SSSR count). The van der Waals surface area contributed by atoms with Gasteiger partial charge in [-0.05, 0) is 6.92 Å². The highest BCUT2D eigenvalue weighted by Crippen LogP contribution is 2.34. The van der Waals surface area contributed by atoms with Crippen LogP contribution in [-0.4, -0.2) is 26.2 Å². The van der Waals surface area contributed by atoms with Gasteiger partial charge in [-0.2, -0.15) is 0 Å². The van der Waals surface area contributed by atoms with Crippen molar-refractivity contribution >= 4 is 16.1 Å². The Balaban J connectivity index is 0. The summed E-state index contributed by atoms with van der Waals surface area (Å²) in [5.74, 6) is 0. The first-order chi connectivity index (χ1) is 4.79. The number of rotatable bonds is 2. The Hall–Kier alpha value is 0.260. The Morgan fingerprint density at radius 1 is 1.45 bits per heavy atom. The highest BCUT2D eigenvalue weighted by atomic mass is 31.2. The van der Waals surface area contributed by atoms with Crippen molar-refractivity contribution < 1.29 is 33.2 Å². The fourth-order valence-electron chi connectivity index (χ4n) is 0.168. The summed E-state index contributed by atoms with van der Waals surface area (Å²) in [6.07, 6.45) is 0. The molecule has 0 aliphatic rings.